The van der Waals surface area contributed by atoms with Crippen molar-refractivity contribution in [2.24, 2.45) is 0 Å². The Hall–Kier alpha value is -0.860. The van der Waals surface area contributed by atoms with Gasteiger partial charge in [-0.25, -0.2) is 0 Å². The first-order valence-electron chi connectivity index (χ1n) is 8.41. The van der Waals surface area contributed by atoms with Crippen molar-refractivity contribution < 1.29 is 0 Å². The molecule has 1 fully saturated rings. The van der Waals surface area contributed by atoms with Crippen molar-refractivity contribution in [1.29, 1.82) is 0 Å². The van der Waals surface area contributed by atoms with E-state index in [2.05, 4.69) is 47.5 Å². The molecule has 1 aliphatic heterocycles. The van der Waals surface area contributed by atoms with Crippen LogP contribution < -0.4 is 5.32 Å². The van der Waals surface area contributed by atoms with E-state index in [1.807, 2.05) is 0 Å². The van der Waals surface area contributed by atoms with Gasteiger partial charge in [-0.1, -0.05) is 56.5 Å². The SMILES string of the molecule is CCCNCC(c1ccccc1)N1CCCCCCC1. The molecule has 2 nitrogen and oxygen atoms in total. The van der Waals surface area contributed by atoms with E-state index >= 15 is 0 Å². The zero-order valence-corrected chi connectivity index (χ0v) is 13.0. The van der Waals surface area contributed by atoms with E-state index in [1.165, 1.54) is 57.2 Å². The molecule has 0 saturated carbocycles. The van der Waals surface area contributed by atoms with Gasteiger partial charge in [-0.3, -0.25) is 4.90 Å². The van der Waals surface area contributed by atoms with Crippen molar-refractivity contribution in [3.63, 3.8) is 0 Å². The standard InChI is InChI=1S/C18H30N2/c1-2-13-19-16-18(17-11-7-6-8-12-17)20-14-9-4-3-5-10-15-20/h6-8,11-12,18-19H,2-5,9-10,13-16H2,1H3. The molecule has 0 aromatic heterocycles. The first-order valence-corrected chi connectivity index (χ1v) is 8.41. The van der Waals surface area contributed by atoms with Gasteiger partial charge >= 0.3 is 0 Å². The molecule has 1 aromatic carbocycles. The molecule has 1 aromatic rings. The van der Waals surface area contributed by atoms with Crippen molar-refractivity contribution in [3.8, 4) is 0 Å². The highest BCUT2D eigenvalue weighted by Gasteiger charge is 2.20. The summed E-state index contributed by atoms with van der Waals surface area (Å²) in [5.74, 6) is 0. The lowest BCUT2D eigenvalue weighted by atomic mass is 10.0. The fourth-order valence-corrected chi connectivity index (χ4v) is 3.13. The molecule has 1 heterocycles. The van der Waals surface area contributed by atoms with E-state index in [0.717, 1.165) is 13.1 Å². The highest BCUT2D eigenvalue weighted by molar-refractivity contribution is 5.19. The zero-order valence-electron chi connectivity index (χ0n) is 13.0. The summed E-state index contributed by atoms with van der Waals surface area (Å²) in [5.41, 5.74) is 1.47. The van der Waals surface area contributed by atoms with Gasteiger partial charge in [-0.2, -0.15) is 0 Å². The molecule has 1 N–H and O–H groups in total. The quantitative estimate of drug-likeness (QED) is 0.789. The van der Waals surface area contributed by atoms with Gasteiger partial charge in [0.05, 0.1) is 0 Å². The van der Waals surface area contributed by atoms with Crippen molar-refractivity contribution >= 4 is 0 Å². The molecule has 1 unspecified atom stereocenters. The summed E-state index contributed by atoms with van der Waals surface area (Å²) in [4.78, 5) is 2.71. The first-order chi connectivity index (χ1) is 9.92. The van der Waals surface area contributed by atoms with Crippen LogP contribution in [0.1, 0.15) is 57.1 Å². The Morgan fingerprint density at radius 2 is 1.65 bits per heavy atom. The Kier molecular flexibility index (Phi) is 7.10. The first kappa shape index (κ1) is 15.5. The van der Waals surface area contributed by atoms with Crippen molar-refractivity contribution in [1.82, 2.24) is 10.2 Å². The van der Waals surface area contributed by atoms with Gasteiger partial charge in [0.25, 0.3) is 0 Å². The average Bonchev–Trinajstić information content (AvgIpc) is 2.45. The molecule has 0 amide bonds. The van der Waals surface area contributed by atoms with Crippen LogP contribution >= 0.6 is 0 Å². The summed E-state index contributed by atoms with van der Waals surface area (Å²) in [5, 5.41) is 3.63. The third-order valence-corrected chi connectivity index (χ3v) is 4.28. The van der Waals surface area contributed by atoms with Crippen molar-refractivity contribution in [2.45, 2.75) is 51.5 Å². The molecule has 0 radical (unpaired) electrons. The van der Waals surface area contributed by atoms with E-state index in [9.17, 15) is 0 Å². The topological polar surface area (TPSA) is 15.3 Å². The van der Waals surface area contributed by atoms with Gasteiger partial charge in [0, 0.05) is 12.6 Å². The number of nitrogens with zero attached hydrogens (tertiary/aromatic N) is 1. The molecule has 1 aliphatic rings. The van der Waals surface area contributed by atoms with Gasteiger partial charge in [0.1, 0.15) is 0 Å². The highest BCUT2D eigenvalue weighted by atomic mass is 15.2. The van der Waals surface area contributed by atoms with Gasteiger partial charge in [-0.05, 0) is 44.5 Å². The third-order valence-electron chi connectivity index (χ3n) is 4.28. The van der Waals surface area contributed by atoms with Crippen LogP contribution in [0, 0.1) is 0 Å². The van der Waals surface area contributed by atoms with Crippen LogP contribution in [0.3, 0.4) is 0 Å². The predicted molar refractivity (Wildman–Crippen MR) is 87.0 cm³/mol. The van der Waals surface area contributed by atoms with Gasteiger partial charge < -0.3 is 5.32 Å². The van der Waals surface area contributed by atoms with Crippen molar-refractivity contribution in [3.05, 3.63) is 35.9 Å². The van der Waals surface area contributed by atoms with E-state index < -0.39 is 0 Å². The van der Waals surface area contributed by atoms with Gasteiger partial charge in [-0.15, -0.1) is 0 Å². The monoisotopic (exact) mass is 274 g/mol. The Bertz CT molecular complexity index is 342. The summed E-state index contributed by atoms with van der Waals surface area (Å²) in [6.07, 6.45) is 8.16. The third kappa shape index (κ3) is 4.92. The lowest BCUT2D eigenvalue weighted by molar-refractivity contribution is 0.176. The second-order valence-electron chi connectivity index (χ2n) is 5.93. The number of hydrogen-bond donors (Lipinski definition) is 1. The minimum atomic E-state index is 0.542. The number of benzene rings is 1. The van der Waals surface area contributed by atoms with Gasteiger partial charge in [0.2, 0.25) is 0 Å². The number of likely N-dealkylation sites (tertiary alicyclic amines) is 1. The van der Waals surface area contributed by atoms with Crippen LogP contribution in [0.5, 0.6) is 0 Å². The Morgan fingerprint density at radius 1 is 1.00 bits per heavy atom. The lowest BCUT2D eigenvalue weighted by Crippen LogP contribution is -2.38. The molecular formula is C18H30N2. The largest absolute Gasteiger partial charge is 0.315 e. The van der Waals surface area contributed by atoms with Crippen LogP contribution in [0.25, 0.3) is 0 Å². The molecule has 2 rings (SSSR count). The smallest absolute Gasteiger partial charge is 0.0472 e. The lowest BCUT2D eigenvalue weighted by Gasteiger charge is -2.33. The average molecular weight is 274 g/mol. The van der Waals surface area contributed by atoms with Crippen LogP contribution in [0.4, 0.5) is 0 Å². The molecule has 0 spiro atoms. The summed E-state index contributed by atoms with van der Waals surface area (Å²) in [6, 6.07) is 11.6. The summed E-state index contributed by atoms with van der Waals surface area (Å²) in [7, 11) is 0. The maximum Gasteiger partial charge on any atom is 0.0472 e. The fourth-order valence-electron chi connectivity index (χ4n) is 3.13. The van der Waals surface area contributed by atoms with Gasteiger partial charge in [0.15, 0.2) is 0 Å². The molecule has 112 valence electrons. The number of nitrogens with one attached hydrogen (secondary N) is 1. The van der Waals surface area contributed by atoms with E-state index in [4.69, 9.17) is 0 Å². The highest BCUT2D eigenvalue weighted by Crippen LogP contribution is 2.23. The molecule has 1 saturated heterocycles. The molecule has 0 bridgehead atoms. The van der Waals surface area contributed by atoms with Crippen LogP contribution in [0.15, 0.2) is 30.3 Å². The molecule has 2 heteroatoms. The van der Waals surface area contributed by atoms with Crippen LogP contribution in [-0.4, -0.2) is 31.1 Å². The van der Waals surface area contributed by atoms with Crippen molar-refractivity contribution in [2.75, 3.05) is 26.2 Å². The van der Waals surface area contributed by atoms with E-state index in [0.29, 0.717) is 6.04 Å². The Labute approximate surface area is 124 Å². The van der Waals surface area contributed by atoms with E-state index in [-0.39, 0.29) is 0 Å². The summed E-state index contributed by atoms with van der Waals surface area (Å²) < 4.78 is 0. The molecule has 1 atom stereocenters. The van der Waals surface area contributed by atoms with Crippen LogP contribution in [0.2, 0.25) is 0 Å². The normalized spacial score (nSPS) is 19.2. The second-order valence-corrected chi connectivity index (χ2v) is 5.93. The summed E-state index contributed by atoms with van der Waals surface area (Å²) >= 11 is 0. The Morgan fingerprint density at radius 3 is 2.30 bits per heavy atom. The second kappa shape index (κ2) is 9.15. The minimum Gasteiger partial charge on any atom is -0.315 e. The molecule has 0 aliphatic carbocycles. The maximum atomic E-state index is 3.63. The zero-order chi connectivity index (χ0) is 14.0. The summed E-state index contributed by atoms with van der Waals surface area (Å²) in [6.45, 7) is 6.95. The number of rotatable bonds is 6. The number of hydrogen-bond acceptors (Lipinski definition) is 2. The maximum absolute atomic E-state index is 3.63. The van der Waals surface area contributed by atoms with E-state index in [1.54, 1.807) is 0 Å². The molecular weight excluding hydrogens is 244 g/mol. The molecule has 20 heavy (non-hydrogen) atoms. The minimum absolute atomic E-state index is 0.542. The van der Waals surface area contributed by atoms with Crippen LogP contribution in [-0.2, 0) is 0 Å². The Balaban J connectivity index is 2.03. The predicted octanol–water partition coefficient (Wildman–Crippen LogP) is 3.99. The fraction of sp³-hybridized carbons (Fsp3) is 0.667.